The van der Waals surface area contributed by atoms with Crippen LogP contribution in [0.2, 0.25) is 0 Å². The molecule has 0 unspecified atom stereocenters. The Morgan fingerprint density at radius 1 is 1.32 bits per heavy atom. The number of thioether (sulfide) groups is 1. The Balaban J connectivity index is 1.76. The molecule has 1 N–H and O–H groups in total. The van der Waals surface area contributed by atoms with Gasteiger partial charge in [-0.05, 0) is 19.4 Å². The molecule has 1 aliphatic heterocycles. The van der Waals surface area contributed by atoms with Crippen molar-refractivity contribution in [3.63, 3.8) is 0 Å². The van der Waals surface area contributed by atoms with Crippen molar-refractivity contribution in [2.24, 2.45) is 0 Å². The summed E-state index contributed by atoms with van der Waals surface area (Å²) < 4.78 is -0.490. The SMILES string of the molecule is CC1(C)SC[C@H](C(=O)N(Cc2ccccc2)Cc2nccs2)NC1=O. The number of amides is 2. The third kappa shape index (κ3) is 4.41. The third-order valence-electron chi connectivity index (χ3n) is 4.10. The zero-order chi connectivity index (χ0) is 17.9. The van der Waals surface area contributed by atoms with Crippen molar-refractivity contribution in [3.05, 3.63) is 52.5 Å². The Labute approximate surface area is 155 Å². The van der Waals surface area contributed by atoms with E-state index < -0.39 is 10.8 Å². The molecule has 0 bridgehead atoms. The van der Waals surface area contributed by atoms with Crippen molar-refractivity contribution >= 4 is 34.9 Å². The quantitative estimate of drug-likeness (QED) is 0.873. The number of carbonyl (C=O) groups excluding carboxylic acids is 2. The molecule has 5 nitrogen and oxygen atoms in total. The second-order valence-electron chi connectivity index (χ2n) is 6.45. The lowest BCUT2D eigenvalue weighted by Gasteiger charge is -2.35. The van der Waals surface area contributed by atoms with E-state index in [1.165, 1.54) is 23.1 Å². The van der Waals surface area contributed by atoms with Gasteiger partial charge in [-0.25, -0.2) is 4.98 Å². The number of carbonyl (C=O) groups is 2. The number of nitrogens with one attached hydrogen (secondary N) is 1. The van der Waals surface area contributed by atoms with Crippen LogP contribution in [-0.2, 0) is 22.7 Å². The van der Waals surface area contributed by atoms with Crippen LogP contribution in [-0.4, -0.2) is 38.2 Å². The van der Waals surface area contributed by atoms with E-state index in [0.29, 0.717) is 18.8 Å². The molecule has 0 radical (unpaired) electrons. The zero-order valence-electron chi connectivity index (χ0n) is 14.3. The molecule has 1 aliphatic rings. The predicted octanol–water partition coefficient (Wildman–Crippen LogP) is 2.68. The lowest BCUT2D eigenvalue weighted by Crippen LogP contribution is -2.57. The van der Waals surface area contributed by atoms with Gasteiger partial charge in [0.15, 0.2) is 0 Å². The van der Waals surface area contributed by atoms with Crippen molar-refractivity contribution in [2.45, 2.75) is 37.7 Å². The van der Waals surface area contributed by atoms with Gasteiger partial charge in [0.1, 0.15) is 11.0 Å². The maximum atomic E-state index is 13.1. The first-order valence-corrected chi connectivity index (χ1v) is 9.98. The second-order valence-corrected chi connectivity index (χ2v) is 9.07. The fourth-order valence-electron chi connectivity index (χ4n) is 2.59. The zero-order valence-corrected chi connectivity index (χ0v) is 15.9. The fraction of sp³-hybridized carbons (Fsp3) is 0.389. The van der Waals surface area contributed by atoms with Crippen LogP contribution < -0.4 is 5.32 Å². The smallest absolute Gasteiger partial charge is 0.246 e. The number of aromatic nitrogens is 1. The molecular formula is C18H21N3O2S2. The Morgan fingerprint density at radius 2 is 2.08 bits per heavy atom. The molecule has 0 spiro atoms. The highest BCUT2D eigenvalue weighted by molar-refractivity contribution is 8.01. The van der Waals surface area contributed by atoms with Crippen LogP contribution in [0, 0.1) is 0 Å². The molecule has 3 rings (SSSR count). The summed E-state index contributed by atoms with van der Waals surface area (Å²) in [7, 11) is 0. The normalized spacial score (nSPS) is 19.3. The van der Waals surface area contributed by atoms with E-state index in [9.17, 15) is 9.59 Å². The molecule has 1 aromatic carbocycles. The van der Waals surface area contributed by atoms with Crippen molar-refractivity contribution in [1.82, 2.24) is 15.2 Å². The van der Waals surface area contributed by atoms with E-state index in [-0.39, 0.29) is 11.8 Å². The van der Waals surface area contributed by atoms with Crippen LogP contribution >= 0.6 is 23.1 Å². The summed E-state index contributed by atoms with van der Waals surface area (Å²) >= 11 is 3.05. The van der Waals surface area contributed by atoms with Gasteiger partial charge in [-0.3, -0.25) is 9.59 Å². The first-order chi connectivity index (χ1) is 12.0. The monoisotopic (exact) mass is 375 g/mol. The van der Waals surface area contributed by atoms with Gasteiger partial charge in [0, 0.05) is 23.9 Å². The van der Waals surface area contributed by atoms with Crippen LogP contribution in [0.15, 0.2) is 41.9 Å². The topological polar surface area (TPSA) is 62.3 Å². The minimum atomic E-state index is -0.491. The van der Waals surface area contributed by atoms with Crippen LogP contribution in [0.5, 0.6) is 0 Å². The third-order valence-corrected chi connectivity index (χ3v) is 6.27. The summed E-state index contributed by atoms with van der Waals surface area (Å²) in [5.74, 6) is 0.437. The molecule has 2 heterocycles. The predicted molar refractivity (Wildman–Crippen MR) is 101 cm³/mol. The minimum absolute atomic E-state index is 0.0598. The van der Waals surface area contributed by atoms with Gasteiger partial charge >= 0.3 is 0 Å². The summed E-state index contributed by atoms with van der Waals surface area (Å²) in [6, 6.07) is 9.38. The van der Waals surface area contributed by atoms with E-state index in [4.69, 9.17) is 0 Å². The van der Waals surface area contributed by atoms with Gasteiger partial charge in [-0.2, -0.15) is 0 Å². The summed E-state index contributed by atoms with van der Waals surface area (Å²) in [5.41, 5.74) is 1.06. The number of hydrogen-bond donors (Lipinski definition) is 1. The van der Waals surface area contributed by atoms with Gasteiger partial charge in [0.2, 0.25) is 11.8 Å². The number of nitrogens with zero attached hydrogens (tertiary/aromatic N) is 2. The lowest BCUT2D eigenvalue weighted by molar-refractivity contribution is -0.137. The molecule has 7 heteroatoms. The van der Waals surface area contributed by atoms with Gasteiger partial charge in [0.05, 0.1) is 11.3 Å². The van der Waals surface area contributed by atoms with E-state index in [1.807, 2.05) is 49.6 Å². The van der Waals surface area contributed by atoms with Crippen molar-refractivity contribution in [3.8, 4) is 0 Å². The van der Waals surface area contributed by atoms with E-state index >= 15 is 0 Å². The number of hydrogen-bond acceptors (Lipinski definition) is 5. The average Bonchev–Trinajstić information content (AvgIpc) is 3.10. The van der Waals surface area contributed by atoms with Gasteiger partial charge < -0.3 is 10.2 Å². The molecule has 2 aromatic rings. The number of thiazole rings is 1. The molecule has 1 aromatic heterocycles. The average molecular weight is 376 g/mol. The lowest BCUT2D eigenvalue weighted by atomic mass is 10.1. The molecule has 1 saturated heterocycles. The molecule has 1 fully saturated rings. The van der Waals surface area contributed by atoms with E-state index in [1.54, 1.807) is 11.1 Å². The summed E-state index contributed by atoms with van der Waals surface area (Å²) in [6.07, 6.45) is 1.74. The maximum Gasteiger partial charge on any atom is 0.246 e. The minimum Gasteiger partial charge on any atom is -0.342 e. The fourth-order valence-corrected chi connectivity index (χ4v) is 4.22. The first-order valence-electron chi connectivity index (χ1n) is 8.12. The maximum absolute atomic E-state index is 13.1. The van der Waals surface area contributed by atoms with Crippen molar-refractivity contribution in [1.29, 1.82) is 0 Å². The number of benzene rings is 1. The standard InChI is InChI=1S/C18H21N3O2S2/c1-18(2)17(23)20-14(12-25-18)16(22)21(11-15-19-8-9-24-15)10-13-6-4-3-5-7-13/h3-9,14H,10-12H2,1-2H3,(H,20,23)/t14-/m1/s1. The molecule has 0 saturated carbocycles. The summed E-state index contributed by atoms with van der Waals surface area (Å²) in [5, 5.41) is 5.68. The van der Waals surface area contributed by atoms with Crippen LogP contribution in [0.1, 0.15) is 24.4 Å². The molecule has 0 aliphatic carbocycles. The highest BCUT2D eigenvalue weighted by Crippen LogP contribution is 2.29. The van der Waals surface area contributed by atoms with Gasteiger partial charge in [-0.15, -0.1) is 23.1 Å². The van der Waals surface area contributed by atoms with E-state index in [2.05, 4.69) is 10.3 Å². The van der Waals surface area contributed by atoms with Crippen molar-refractivity contribution in [2.75, 3.05) is 5.75 Å². The van der Waals surface area contributed by atoms with Crippen LogP contribution in [0.25, 0.3) is 0 Å². The molecule has 2 amide bonds. The van der Waals surface area contributed by atoms with E-state index in [0.717, 1.165) is 10.6 Å². The van der Waals surface area contributed by atoms with Gasteiger partial charge in [-0.1, -0.05) is 30.3 Å². The van der Waals surface area contributed by atoms with Crippen molar-refractivity contribution < 1.29 is 9.59 Å². The first kappa shape index (κ1) is 17.9. The number of rotatable bonds is 5. The molecule has 1 atom stereocenters. The molecular weight excluding hydrogens is 354 g/mol. The summed E-state index contributed by atoms with van der Waals surface area (Å²) in [6.45, 7) is 4.71. The van der Waals surface area contributed by atoms with Gasteiger partial charge in [0.25, 0.3) is 0 Å². The van der Waals surface area contributed by atoms with Crippen LogP contribution in [0.4, 0.5) is 0 Å². The Bertz CT molecular complexity index is 732. The summed E-state index contributed by atoms with van der Waals surface area (Å²) in [4.78, 5) is 31.3. The highest BCUT2D eigenvalue weighted by Gasteiger charge is 2.39. The molecule has 25 heavy (non-hydrogen) atoms. The van der Waals surface area contributed by atoms with Crippen LogP contribution in [0.3, 0.4) is 0 Å². The molecule has 132 valence electrons. The largest absolute Gasteiger partial charge is 0.342 e. The highest BCUT2D eigenvalue weighted by atomic mass is 32.2. The Morgan fingerprint density at radius 3 is 2.72 bits per heavy atom. The Kier molecular flexibility index (Phi) is 5.44. The second kappa shape index (κ2) is 7.58. The Hall–Kier alpha value is -1.86.